The summed E-state index contributed by atoms with van der Waals surface area (Å²) in [5, 5.41) is 0.633. The number of benzene rings is 1. The topological polar surface area (TPSA) is 25.4 Å². The monoisotopic (exact) mass is 622 g/mol. The summed E-state index contributed by atoms with van der Waals surface area (Å²) in [6, 6.07) is 11.4. The minimum atomic E-state index is 0.559. The van der Waals surface area contributed by atoms with Gasteiger partial charge in [0, 0.05) is 0 Å². The molecule has 0 fully saturated rings. The second kappa shape index (κ2) is 6.34. The van der Waals surface area contributed by atoms with Crippen LogP contribution in [-0.2, 0) is 52.8 Å². The van der Waals surface area contributed by atoms with Crippen LogP contribution in [0.1, 0.15) is 0 Å². The van der Waals surface area contributed by atoms with E-state index < -0.39 is 0 Å². The summed E-state index contributed by atoms with van der Waals surface area (Å²) >= 11 is 7.45. The first-order valence-electron chi connectivity index (χ1n) is 4.96. The van der Waals surface area contributed by atoms with Gasteiger partial charge >= 0.3 is 140 Å². The fourth-order valence-electron chi connectivity index (χ4n) is 1.29. The van der Waals surface area contributed by atoms with Crippen LogP contribution in [-0.4, -0.2) is 4.98 Å². The predicted octanol–water partition coefficient (Wildman–Crippen LogP) is 3.26. The zero-order valence-electron chi connectivity index (χ0n) is 9.14. The third-order valence-corrected chi connectivity index (χ3v) is 5.27. The molecule has 1 aromatic heterocycles. The van der Waals surface area contributed by atoms with Gasteiger partial charge in [0.25, 0.3) is 0 Å². The fourth-order valence-corrected chi connectivity index (χ4v) is 3.03. The SMILES string of the molecule is Clc1cc([N]([Hg])[Hg])ccc1Oc1ccccn1. The average Bonchev–Trinajstić information content (AvgIpc) is 2.33. The number of rotatable bonds is 3. The van der Waals surface area contributed by atoms with Crippen LogP contribution in [0.3, 0.4) is 0 Å². The molecule has 2 aromatic rings. The van der Waals surface area contributed by atoms with E-state index in [2.05, 4.69) is 5.41 Å². The van der Waals surface area contributed by atoms with Crippen molar-refractivity contribution in [2.45, 2.75) is 0 Å². The number of anilines is 1. The van der Waals surface area contributed by atoms with Gasteiger partial charge < -0.3 is 0 Å². The normalized spacial score (nSPS) is 10.2. The number of nitrogens with zero attached hydrogens (tertiary/aromatic N) is 2. The van der Waals surface area contributed by atoms with Gasteiger partial charge in [0.2, 0.25) is 0 Å². The summed E-state index contributed by atoms with van der Waals surface area (Å²) in [6.45, 7) is 0. The number of hydrogen-bond acceptors (Lipinski definition) is 3. The number of halogens is 1. The second-order valence-electron chi connectivity index (χ2n) is 3.42. The molecule has 0 atom stereocenters. The van der Waals surface area contributed by atoms with Gasteiger partial charge in [-0.1, -0.05) is 0 Å². The molecule has 0 spiro atoms. The first-order chi connectivity index (χ1) is 8.16. The molecule has 78 valence electrons. The standard InChI is InChI=1S/C11H7ClN2O.2Hg/c12-9-7-8(13)4-5-10(9)15-11-3-1-2-6-14-11;;/h1-7H;;. The van der Waals surface area contributed by atoms with E-state index in [1.807, 2.05) is 36.4 Å². The summed E-state index contributed by atoms with van der Waals surface area (Å²) in [7, 11) is 0. The van der Waals surface area contributed by atoms with Gasteiger partial charge in [0.1, 0.15) is 0 Å². The molecule has 0 radical (unpaired) electrons. The van der Waals surface area contributed by atoms with Crippen LogP contribution in [0.15, 0.2) is 42.6 Å². The molecule has 1 heterocycles. The maximum absolute atomic E-state index is 6.19. The van der Waals surface area contributed by atoms with Gasteiger partial charge in [0.15, 0.2) is 0 Å². The fraction of sp³-hybridized carbons (Fsp3) is 0. The van der Waals surface area contributed by atoms with Gasteiger partial charge in [0.05, 0.1) is 0 Å². The molecule has 0 bridgehead atoms. The van der Waals surface area contributed by atoms with Crippen molar-refractivity contribution in [2.24, 2.45) is 0 Å². The van der Waals surface area contributed by atoms with Crippen molar-refractivity contribution in [3.63, 3.8) is 0 Å². The van der Waals surface area contributed by atoms with Crippen LogP contribution < -0.4 is 5.16 Å². The first-order valence-corrected chi connectivity index (χ1v) is 10.3. The van der Waals surface area contributed by atoms with Crippen molar-refractivity contribution >= 4 is 17.3 Å². The van der Waals surface area contributed by atoms with E-state index in [0.717, 1.165) is 0 Å². The maximum atomic E-state index is 6.19. The molecule has 0 saturated carbocycles. The van der Waals surface area contributed by atoms with Crippen LogP contribution >= 0.6 is 11.6 Å². The Balaban J connectivity index is 2.23. The van der Waals surface area contributed by atoms with E-state index in [0.29, 0.717) is 69.5 Å². The van der Waals surface area contributed by atoms with Gasteiger partial charge in [-0.15, -0.1) is 0 Å². The van der Waals surface area contributed by atoms with Crippen molar-refractivity contribution in [1.29, 1.82) is 0 Å². The van der Waals surface area contributed by atoms with Crippen LogP contribution in [0, 0.1) is 0 Å². The molecule has 0 aliphatic rings. The average molecular weight is 620 g/mol. The molecule has 17 heavy (non-hydrogen) atoms. The predicted molar refractivity (Wildman–Crippen MR) is 58.2 cm³/mol. The van der Waals surface area contributed by atoms with Crippen molar-refractivity contribution in [3.05, 3.63) is 47.6 Å². The number of ether oxygens (including phenoxy) is 1. The molecule has 1 aromatic carbocycles. The molecule has 0 N–H and O–H groups in total. The van der Waals surface area contributed by atoms with Crippen LogP contribution in [0.4, 0.5) is 5.69 Å². The number of pyridine rings is 1. The Kier molecular flexibility index (Phi) is 5.06. The van der Waals surface area contributed by atoms with E-state index in [9.17, 15) is 0 Å². The van der Waals surface area contributed by atoms with Gasteiger partial charge in [-0.25, -0.2) is 0 Å². The Hall–Kier alpha value is 0.130. The third-order valence-electron chi connectivity index (χ3n) is 2.13. The van der Waals surface area contributed by atoms with Crippen molar-refractivity contribution < 1.29 is 57.6 Å². The molecule has 0 amide bonds. The summed E-state index contributed by atoms with van der Waals surface area (Å²) < 4.78 is 7.99. The zero-order chi connectivity index (χ0) is 12.3. The molecule has 0 unspecified atom stereocenters. The molecule has 2 rings (SSSR count). The quantitative estimate of drug-likeness (QED) is 0.494. The van der Waals surface area contributed by atoms with E-state index in [-0.39, 0.29) is 0 Å². The second-order valence-corrected chi connectivity index (χ2v) is 23.3. The molecule has 6 heteroatoms. The first kappa shape index (κ1) is 13.6. The van der Waals surface area contributed by atoms with Crippen molar-refractivity contribution in [2.75, 3.05) is 0.428 Å². The molecule has 0 saturated heterocycles. The molecule has 3 nitrogen and oxygen atoms in total. The van der Waals surface area contributed by atoms with E-state index in [4.69, 9.17) is 16.3 Å². The minimum absolute atomic E-state index is 0.559. The number of hydrogen-bond donors (Lipinski definition) is 0. The molecule has 0 aliphatic heterocycles. The summed E-state index contributed by atoms with van der Waals surface area (Å²) in [4.78, 5) is 4.10. The van der Waals surface area contributed by atoms with E-state index in [1.54, 1.807) is 6.20 Å². The van der Waals surface area contributed by atoms with Gasteiger partial charge in [-0.2, -0.15) is 0 Å². The van der Waals surface area contributed by atoms with Crippen LogP contribution in [0.25, 0.3) is 0 Å². The summed E-state index contributed by atoms with van der Waals surface area (Å²) in [5.74, 6) is 1.21. The Morgan fingerprint density at radius 3 is 2.59 bits per heavy atom. The Morgan fingerprint density at radius 1 is 1.18 bits per heavy atom. The third kappa shape index (κ3) is 3.80. The Labute approximate surface area is 138 Å². The van der Waals surface area contributed by atoms with Crippen LogP contribution in [0.2, 0.25) is 5.02 Å². The summed E-state index contributed by atoms with van der Waals surface area (Å²) in [6.07, 6.45) is 1.69. The summed E-state index contributed by atoms with van der Waals surface area (Å²) in [5.41, 5.74) is 1.20. The molecular formula is C11H7ClHg2N2O. The van der Waals surface area contributed by atoms with Gasteiger partial charge in [-0.05, 0) is 0 Å². The van der Waals surface area contributed by atoms with Gasteiger partial charge in [-0.3, -0.25) is 0 Å². The van der Waals surface area contributed by atoms with Crippen molar-refractivity contribution in [3.8, 4) is 11.6 Å². The number of aromatic nitrogens is 1. The van der Waals surface area contributed by atoms with E-state index >= 15 is 0 Å². The Morgan fingerprint density at radius 2 is 2.00 bits per heavy atom. The Bertz CT molecular complexity index is 508. The van der Waals surface area contributed by atoms with Crippen molar-refractivity contribution in [1.82, 2.24) is 4.98 Å². The van der Waals surface area contributed by atoms with Crippen LogP contribution in [0.5, 0.6) is 11.6 Å². The van der Waals surface area contributed by atoms with E-state index in [1.165, 1.54) is 5.69 Å². The molecular weight excluding hydrogens is 613 g/mol. The molecule has 0 aliphatic carbocycles. The zero-order valence-corrected chi connectivity index (χ0v) is 20.9.